The molecule has 0 aromatic heterocycles. The molecule has 0 unspecified atom stereocenters. The first-order chi connectivity index (χ1) is 13.5. The second-order valence-electron chi connectivity index (χ2n) is 7.05. The van der Waals surface area contributed by atoms with Crippen LogP contribution in [0.15, 0.2) is 53.6 Å². The predicted molar refractivity (Wildman–Crippen MR) is 108 cm³/mol. The van der Waals surface area contributed by atoms with Gasteiger partial charge in [0.25, 0.3) is 5.91 Å². The SMILES string of the molecule is C/C(=N/NC(=O)c1ccc(F)cc1)c1cccc(NC(=O)C2CCCCC2)c1. The highest BCUT2D eigenvalue weighted by atomic mass is 19.1. The zero-order valence-corrected chi connectivity index (χ0v) is 15.9. The van der Waals surface area contributed by atoms with Gasteiger partial charge in [-0.2, -0.15) is 5.10 Å². The van der Waals surface area contributed by atoms with Crippen molar-refractivity contribution in [2.75, 3.05) is 5.32 Å². The van der Waals surface area contributed by atoms with Gasteiger partial charge < -0.3 is 5.32 Å². The molecule has 0 spiro atoms. The fraction of sp³-hybridized carbons (Fsp3) is 0.318. The summed E-state index contributed by atoms with van der Waals surface area (Å²) in [4.78, 5) is 24.5. The summed E-state index contributed by atoms with van der Waals surface area (Å²) < 4.78 is 12.9. The van der Waals surface area contributed by atoms with Crippen molar-refractivity contribution >= 4 is 23.2 Å². The quantitative estimate of drug-likeness (QED) is 0.591. The van der Waals surface area contributed by atoms with Crippen molar-refractivity contribution in [1.82, 2.24) is 5.43 Å². The Balaban J connectivity index is 1.63. The zero-order chi connectivity index (χ0) is 19.9. The molecule has 6 heteroatoms. The molecule has 0 bridgehead atoms. The molecule has 1 fully saturated rings. The topological polar surface area (TPSA) is 70.6 Å². The molecule has 1 saturated carbocycles. The van der Waals surface area contributed by atoms with Crippen LogP contribution in [0.25, 0.3) is 0 Å². The van der Waals surface area contributed by atoms with Crippen molar-refractivity contribution in [3.8, 4) is 0 Å². The highest BCUT2D eigenvalue weighted by molar-refractivity contribution is 6.02. The maximum Gasteiger partial charge on any atom is 0.271 e. The first-order valence-corrected chi connectivity index (χ1v) is 9.54. The van der Waals surface area contributed by atoms with Gasteiger partial charge in [0, 0.05) is 17.2 Å². The van der Waals surface area contributed by atoms with E-state index in [1.165, 1.54) is 30.7 Å². The molecule has 28 heavy (non-hydrogen) atoms. The van der Waals surface area contributed by atoms with Crippen LogP contribution in [0.1, 0.15) is 54.9 Å². The fourth-order valence-corrected chi connectivity index (χ4v) is 3.30. The number of hydrazone groups is 1. The molecule has 1 aliphatic rings. The van der Waals surface area contributed by atoms with Crippen LogP contribution in [0.3, 0.4) is 0 Å². The number of amides is 2. The summed E-state index contributed by atoms with van der Waals surface area (Å²) >= 11 is 0. The van der Waals surface area contributed by atoms with Crippen molar-refractivity contribution < 1.29 is 14.0 Å². The lowest BCUT2D eigenvalue weighted by Gasteiger charge is -2.20. The molecule has 5 nitrogen and oxygen atoms in total. The van der Waals surface area contributed by atoms with Crippen LogP contribution in [0, 0.1) is 11.7 Å². The Morgan fingerprint density at radius 2 is 1.71 bits per heavy atom. The fourth-order valence-electron chi connectivity index (χ4n) is 3.30. The lowest BCUT2D eigenvalue weighted by Crippen LogP contribution is -2.24. The predicted octanol–water partition coefficient (Wildman–Crippen LogP) is 4.50. The number of nitrogens with one attached hydrogen (secondary N) is 2. The van der Waals surface area contributed by atoms with Gasteiger partial charge >= 0.3 is 0 Å². The molecule has 2 aromatic rings. The Hall–Kier alpha value is -3.02. The van der Waals surface area contributed by atoms with E-state index in [0.717, 1.165) is 31.2 Å². The van der Waals surface area contributed by atoms with E-state index in [-0.39, 0.29) is 11.8 Å². The van der Waals surface area contributed by atoms with Crippen LogP contribution in [0.2, 0.25) is 0 Å². The molecule has 0 aliphatic heterocycles. The van der Waals surface area contributed by atoms with Crippen LogP contribution in [-0.2, 0) is 4.79 Å². The summed E-state index contributed by atoms with van der Waals surface area (Å²) in [7, 11) is 0. The number of nitrogens with zero attached hydrogens (tertiary/aromatic N) is 1. The summed E-state index contributed by atoms with van der Waals surface area (Å²) in [5, 5.41) is 7.10. The molecule has 0 radical (unpaired) electrons. The minimum absolute atomic E-state index is 0.0658. The Labute approximate surface area is 164 Å². The number of rotatable bonds is 5. The maximum atomic E-state index is 12.9. The molecule has 2 amide bonds. The first-order valence-electron chi connectivity index (χ1n) is 9.54. The third-order valence-corrected chi connectivity index (χ3v) is 4.96. The van der Waals surface area contributed by atoms with Gasteiger partial charge in [0.1, 0.15) is 5.82 Å². The summed E-state index contributed by atoms with van der Waals surface area (Å²) in [6, 6.07) is 12.6. The number of benzene rings is 2. The molecular weight excluding hydrogens is 357 g/mol. The molecular formula is C22H24FN3O2. The van der Waals surface area contributed by atoms with Gasteiger partial charge in [-0.05, 0) is 61.7 Å². The van der Waals surface area contributed by atoms with Gasteiger partial charge in [-0.3, -0.25) is 9.59 Å². The van der Waals surface area contributed by atoms with E-state index < -0.39 is 11.7 Å². The van der Waals surface area contributed by atoms with E-state index in [2.05, 4.69) is 15.8 Å². The van der Waals surface area contributed by atoms with Crippen LogP contribution in [0.4, 0.5) is 10.1 Å². The molecule has 1 aliphatic carbocycles. The maximum absolute atomic E-state index is 12.9. The standard InChI is InChI=1S/C22H24FN3O2/c1-15(25-26-22(28)17-10-12-19(23)13-11-17)18-8-5-9-20(14-18)24-21(27)16-6-3-2-4-7-16/h5,8-14,16H,2-4,6-7H2,1H3,(H,24,27)(H,26,28)/b25-15-. The van der Waals surface area contributed by atoms with Crippen molar-refractivity contribution in [3.63, 3.8) is 0 Å². The number of carbonyl (C=O) groups excluding carboxylic acids is 2. The Morgan fingerprint density at radius 1 is 1.00 bits per heavy atom. The molecule has 3 rings (SSSR count). The summed E-state index contributed by atoms with van der Waals surface area (Å²) in [5.41, 5.74) is 4.90. The molecule has 0 heterocycles. The van der Waals surface area contributed by atoms with E-state index in [1.807, 2.05) is 24.3 Å². The summed E-state index contributed by atoms with van der Waals surface area (Å²) in [6.07, 6.45) is 5.32. The molecule has 0 saturated heterocycles. The molecule has 2 N–H and O–H groups in total. The van der Waals surface area contributed by atoms with Crippen molar-refractivity contribution in [1.29, 1.82) is 0 Å². The van der Waals surface area contributed by atoms with Gasteiger partial charge in [-0.15, -0.1) is 0 Å². The minimum Gasteiger partial charge on any atom is -0.326 e. The lowest BCUT2D eigenvalue weighted by molar-refractivity contribution is -0.120. The van der Waals surface area contributed by atoms with E-state index >= 15 is 0 Å². The summed E-state index contributed by atoms with van der Waals surface area (Å²) in [6.45, 7) is 1.77. The average Bonchev–Trinajstić information content (AvgIpc) is 2.73. The summed E-state index contributed by atoms with van der Waals surface area (Å²) in [5.74, 6) is -0.664. The number of hydrogen-bond acceptors (Lipinski definition) is 3. The van der Waals surface area contributed by atoms with Crippen molar-refractivity contribution in [2.45, 2.75) is 39.0 Å². The second-order valence-corrected chi connectivity index (χ2v) is 7.05. The second kappa shape index (κ2) is 9.26. The normalized spacial score (nSPS) is 15.1. The number of halogens is 1. The van der Waals surface area contributed by atoms with Crippen LogP contribution < -0.4 is 10.7 Å². The van der Waals surface area contributed by atoms with Crippen LogP contribution >= 0.6 is 0 Å². The van der Waals surface area contributed by atoms with Gasteiger partial charge in [-0.1, -0.05) is 31.4 Å². The van der Waals surface area contributed by atoms with Crippen molar-refractivity contribution in [3.05, 3.63) is 65.5 Å². The Morgan fingerprint density at radius 3 is 2.43 bits per heavy atom. The zero-order valence-electron chi connectivity index (χ0n) is 15.9. The van der Waals surface area contributed by atoms with Gasteiger partial charge in [0.15, 0.2) is 0 Å². The van der Waals surface area contributed by atoms with E-state index in [1.54, 1.807) is 6.92 Å². The Bertz CT molecular complexity index is 872. The average molecular weight is 381 g/mol. The highest BCUT2D eigenvalue weighted by Crippen LogP contribution is 2.25. The lowest BCUT2D eigenvalue weighted by atomic mass is 9.88. The van der Waals surface area contributed by atoms with E-state index in [9.17, 15) is 14.0 Å². The highest BCUT2D eigenvalue weighted by Gasteiger charge is 2.21. The Kier molecular flexibility index (Phi) is 6.53. The monoisotopic (exact) mass is 381 g/mol. The third kappa shape index (κ3) is 5.25. The minimum atomic E-state index is -0.416. The van der Waals surface area contributed by atoms with Crippen LogP contribution in [0.5, 0.6) is 0 Å². The number of hydrogen-bond donors (Lipinski definition) is 2. The van der Waals surface area contributed by atoms with Gasteiger partial charge in [-0.25, -0.2) is 9.82 Å². The van der Waals surface area contributed by atoms with Gasteiger partial charge in [0.05, 0.1) is 5.71 Å². The van der Waals surface area contributed by atoms with E-state index in [4.69, 9.17) is 0 Å². The molecule has 2 aromatic carbocycles. The third-order valence-electron chi connectivity index (χ3n) is 4.96. The first kappa shape index (κ1) is 19.7. The molecule has 146 valence electrons. The van der Waals surface area contributed by atoms with Gasteiger partial charge in [0.2, 0.25) is 5.91 Å². The number of anilines is 1. The van der Waals surface area contributed by atoms with E-state index in [0.29, 0.717) is 17.0 Å². The smallest absolute Gasteiger partial charge is 0.271 e. The van der Waals surface area contributed by atoms with Crippen LogP contribution in [-0.4, -0.2) is 17.5 Å². The molecule has 0 atom stereocenters. The number of carbonyl (C=O) groups is 2. The van der Waals surface area contributed by atoms with Crippen molar-refractivity contribution in [2.24, 2.45) is 11.0 Å². The largest absolute Gasteiger partial charge is 0.326 e.